The lowest BCUT2D eigenvalue weighted by Crippen LogP contribution is -2.37. The minimum atomic E-state index is 1.10. The summed E-state index contributed by atoms with van der Waals surface area (Å²) in [6, 6.07) is 0. The van der Waals surface area contributed by atoms with Crippen molar-refractivity contribution in [2.24, 2.45) is 53.3 Å². The van der Waals surface area contributed by atoms with Crippen molar-refractivity contribution >= 4 is 12.6 Å². The van der Waals surface area contributed by atoms with E-state index in [1.54, 1.807) is 38.5 Å². The third-order valence-corrected chi connectivity index (χ3v) is 8.83. The summed E-state index contributed by atoms with van der Waals surface area (Å²) in [4.78, 5) is 0. The van der Waals surface area contributed by atoms with Gasteiger partial charge in [0.15, 0.2) is 0 Å². The van der Waals surface area contributed by atoms with Gasteiger partial charge >= 0.3 is 0 Å². The van der Waals surface area contributed by atoms with Gasteiger partial charge in [0.2, 0.25) is 0 Å². The Bertz CT molecular complexity index is 391. The molecule has 0 aromatic carbocycles. The molecule has 112 valence electrons. The molecule has 0 spiro atoms. The SMILES string of the molecule is SCCCCC1CCC2C3CC(C12)C1C2CCC(C2)C31. The Morgan fingerprint density at radius 2 is 1.50 bits per heavy atom. The van der Waals surface area contributed by atoms with Crippen LogP contribution in [0.4, 0.5) is 0 Å². The lowest BCUT2D eigenvalue weighted by molar-refractivity contribution is 0.0536. The maximum absolute atomic E-state index is 4.39. The van der Waals surface area contributed by atoms with Crippen molar-refractivity contribution in [1.29, 1.82) is 0 Å². The molecule has 0 amide bonds. The number of rotatable bonds is 4. The molecular weight excluding hydrogens is 260 g/mol. The second-order valence-corrected chi connectivity index (χ2v) is 9.30. The zero-order chi connectivity index (χ0) is 13.3. The van der Waals surface area contributed by atoms with Crippen molar-refractivity contribution in [3.63, 3.8) is 0 Å². The van der Waals surface area contributed by atoms with Gasteiger partial charge in [0.25, 0.3) is 0 Å². The van der Waals surface area contributed by atoms with E-state index in [2.05, 4.69) is 12.6 Å². The minimum absolute atomic E-state index is 1.10. The highest BCUT2D eigenvalue weighted by Crippen LogP contribution is 2.73. The summed E-state index contributed by atoms with van der Waals surface area (Å²) in [6.07, 6.45) is 14.1. The van der Waals surface area contributed by atoms with Gasteiger partial charge in [-0.25, -0.2) is 0 Å². The highest BCUT2D eigenvalue weighted by Gasteiger charge is 2.67. The molecule has 0 radical (unpaired) electrons. The number of hydrogen-bond donors (Lipinski definition) is 1. The van der Waals surface area contributed by atoms with Crippen LogP contribution < -0.4 is 0 Å². The first kappa shape index (κ1) is 12.9. The predicted molar refractivity (Wildman–Crippen MR) is 86.8 cm³/mol. The van der Waals surface area contributed by atoms with Crippen LogP contribution in [0.5, 0.6) is 0 Å². The van der Waals surface area contributed by atoms with E-state index in [1.807, 2.05) is 0 Å². The Hall–Kier alpha value is 0.350. The molecule has 0 aromatic heterocycles. The molecule has 9 atom stereocenters. The Morgan fingerprint density at radius 3 is 2.30 bits per heavy atom. The lowest BCUT2D eigenvalue weighted by atomic mass is 9.63. The van der Waals surface area contributed by atoms with E-state index in [4.69, 9.17) is 0 Å². The highest BCUT2D eigenvalue weighted by molar-refractivity contribution is 7.80. The quantitative estimate of drug-likeness (QED) is 0.418. The molecule has 4 bridgehead atoms. The van der Waals surface area contributed by atoms with Gasteiger partial charge in [0.1, 0.15) is 0 Å². The third-order valence-electron chi connectivity index (χ3n) is 8.52. The van der Waals surface area contributed by atoms with Crippen LogP contribution in [0.2, 0.25) is 0 Å². The van der Waals surface area contributed by atoms with E-state index in [9.17, 15) is 0 Å². The summed E-state index contributed by atoms with van der Waals surface area (Å²) < 4.78 is 0. The normalized spacial score (nSPS) is 58.4. The molecule has 5 aliphatic carbocycles. The fourth-order valence-electron chi connectivity index (χ4n) is 8.32. The van der Waals surface area contributed by atoms with Crippen molar-refractivity contribution < 1.29 is 0 Å². The fraction of sp³-hybridized carbons (Fsp3) is 1.00. The van der Waals surface area contributed by atoms with Crippen LogP contribution >= 0.6 is 12.6 Å². The van der Waals surface area contributed by atoms with Gasteiger partial charge in [0, 0.05) is 0 Å². The minimum Gasteiger partial charge on any atom is -0.179 e. The predicted octanol–water partition coefficient (Wildman–Crippen LogP) is 5.04. The number of fused-ring (bicyclic) bond motifs is 12. The van der Waals surface area contributed by atoms with Gasteiger partial charge in [0.05, 0.1) is 0 Å². The smallest absolute Gasteiger partial charge is 0.00979 e. The Balaban J connectivity index is 1.35. The topological polar surface area (TPSA) is 0 Å². The van der Waals surface area contributed by atoms with Gasteiger partial charge in [-0.2, -0.15) is 12.6 Å². The zero-order valence-corrected chi connectivity index (χ0v) is 13.6. The summed E-state index contributed by atoms with van der Waals surface area (Å²) in [5.74, 6) is 11.8. The summed E-state index contributed by atoms with van der Waals surface area (Å²) in [5, 5.41) is 0. The Labute approximate surface area is 129 Å². The van der Waals surface area contributed by atoms with Gasteiger partial charge in [-0.15, -0.1) is 0 Å². The van der Waals surface area contributed by atoms with E-state index in [0.29, 0.717) is 0 Å². The molecule has 20 heavy (non-hydrogen) atoms. The van der Waals surface area contributed by atoms with E-state index >= 15 is 0 Å². The van der Waals surface area contributed by atoms with Crippen molar-refractivity contribution in [2.75, 3.05) is 5.75 Å². The summed E-state index contributed by atoms with van der Waals surface area (Å²) in [7, 11) is 0. The number of thiol groups is 1. The first-order valence-electron chi connectivity index (χ1n) is 9.49. The van der Waals surface area contributed by atoms with Crippen molar-refractivity contribution in [3.05, 3.63) is 0 Å². The first-order valence-corrected chi connectivity index (χ1v) is 10.1. The van der Waals surface area contributed by atoms with Crippen LogP contribution in [0.25, 0.3) is 0 Å². The van der Waals surface area contributed by atoms with E-state index in [0.717, 1.165) is 11.7 Å². The molecule has 0 saturated heterocycles. The number of unbranched alkanes of at least 4 members (excludes halogenated alkanes) is 1. The van der Waals surface area contributed by atoms with Crippen LogP contribution in [0, 0.1) is 53.3 Å². The molecule has 0 aromatic rings. The molecule has 1 heteroatoms. The molecule has 0 heterocycles. The van der Waals surface area contributed by atoms with E-state index in [-0.39, 0.29) is 0 Å². The Morgan fingerprint density at radius 1 is 0.700 bits per heavy atom. The van der Waals surface area contributed by atoms with Crippen molar-refractivity contribution in [3.8, 4) is 0 Å². The molecule has 5 fully saturated rings. The Kier molecular flexibility index (Phi) is 3.00. The molecule has 0 nitrogen and oxygen atoms in total. The van der Waals surface area contributed by atoms with Gasteiger partial charge in [-0.05, 0) is 104 Å². The molecule has 5 rings (SSSR count). The van der Waals surface area contributed by atoms with Gasteiger partial charge in [-0.3, -0.25) is 0 Å². The fourth-order valence-corrected chi connectivity index (χ4v) is 8.54. The third kappa shape index (κ3) is 1.57. The van der Waals surface area contributed by atoms with E-state index in [1.165, 1.54) is 66.6 Å². The average Bonchev–Trinajstić information content (AvgIpc) is 3.22. The van der Waals surface area contributed by atoms with Gasteiger partial charge < -0.3 is 0 Å². The second-order valence-electron chi connectivity index (χ2n) is 8.85. The molecule has 5 saturated carbocycles. The monoisotopic (exact) mass is 290 g/mol. The molecule has 5 aliphatic rings. The number of hydrogen-bond acceptors (Lipinski definition) is 1. The standard InChI is InChI=1S/C19H30S/c20-8-2-1-3-11-6-7-14-15-10-16(17(11)14)19-13-5-4-12(9-13)18(15)19/h11-20H,1-10H2. The maximum atomic E-state index is 4.39. The van der Waals surface area contributed by atoms with Crippen molar-refractivity contribution in [2.45, 2.75) is 57.8 Å². The van der Waals surface area contributed by atoms with Crippen LogP contribution in [0.15, 0.2) is 0 Å². The van der Waals surface area contributed by atoms with E-state index < -0.39 is 0 Å². The maximum Gasteiger partial charge on any atom is -0.00979 e. The largest absolute Gasteiger partial charge is 0.179 e. The summed E-state index contributed by atoms with van der Waals surface area (Å²) in [5.41, 5.74) is 0. The molecule has 0 N–H and O–H groups in total. The molecule has 0 aliphatic heterocycles. The second kappa shape index (κ2) is 4.67. The molecule has 9 unspecified atom stereocenters. The van der Waals surface area contributed by atoms with Crippen LogP contribution in [-0.2, 0) is 0 Å². The lowest BCUT2D eigenvalue weighted by Gasteiger charge is -2.42. The highest BCUT2D eigenvalue weighted by atomic mass is 32.1. The van der Waals surface area contributed by atoms with Crippen LogP contribution in [0.1, 0.15) is 57.8 Å². The summed E-state index contributed by atoms with van der Waals surface area (Å²) in [6.45, 7) is 0. The average molecular weight is 291 g/mol. The summed E-state index contributed by atoms with van der Waals surface area (Å²) >= 11 is 4.39. The first-order chi connectivity index (χ1) is 9.88. The zero-order valence-electron chi connectivity index (χ0n) is 12.7. The molecular formula is C19H30S. The van der Waals surface area contributed by atoms with Gasteiger partial charge in [-0.1, -0.05) is 12.8 Å². The van der Waals surface area contributed by atoms with Crippen molar-refractivity contribution in [1.82, 2.24) is 0 Å². The van der Waals surface area contributed by atoms with Crippen LogP contribution in [0.3, 0.4) is 0 Å². The van der Waals surface area contributed by atoms with Crippen LogP contribution in [-0.4, -0.2) is 5.75 Å².